The highest BCUT2D eigenvalue weighted by Gasteiger charge is 2.22. The molecule has 23 heavy (non-hydrogen) atoms. The molecule has 0 radical (unpaired) electrons. The van der Waals surface area contributed by atoms with Crippen molar-refractivity contribution in [2.24, 2.45) is 0 Å². The summed E-state index contributed by atoms with van der Waals surface area (Å²) in [7, 11) is -3.74. The minimum atomic E-state index is -3.74. The van der Waals surface area contributed by atoms with Crippen molar-refractivity contribution in [3.8, 4) is 5.69 Å². The number of hydrogen-bond donors (Lipinski definition) is 2. The first-order valence-electron chi connectivity index (χ1n) is 7.50. The number of aryl methyl sites for hydroxylation is 1. The fourth-order valence-corrected chi connectivity index (χ4v) is 3.91. The van der Waals surface area contributed by atoms with Gasteiger partial charge < -0.3 is 5.32 Å². The first kappa shape index (κ1) is 16.1. The molecule has 0 unspecified atom stereocenters. The summed E-state index contributed by atoms with van der Waals surface area (Å²) >= 11 is 0. The lowest BCUT2D eigenvalue weighted by molar-refractivity contribution is 0.428. The minimum Gasteiger partial charge on any atom is -0.315 e. The van der Waals surface area contributed by atoms with Crippen LogP contribution in [0.3, 0.4) is 0 Å². The van der Waals surface area contributed by atoms with Crippen molar-refractivity contribution < 1.29 is 12.8 Å². The first-order valence-corrected chi connectivity index (χ1v) is 8.98. The van der Waals surface area contributed by atoms with E-state index >= 15 is 0 Å². The van der Waals surface area contributed by atoms with E-state index < -0.39 is 15.8 Å². The Balaban J connectivity index is 1.84. The van der Waals surface area contributed by atoms with Crippen LogP contribution in [0.2, 0.25) is 0 Å². The van der Waals surface area contributed by atoms with Crippen LogP contribution in [0.1, 0.15) is 18.4 Å². The van der Waals surface area contributed by atoms with Gasteiger partial charge in [-0.05, 0) is 50.1 Å². The van der Waals surface area contributed by atoms with E-state index in [1.807, 2.05) is 6.92 Å². The zero-order valence-electron chi connectivity index (χ0n) is 12.8. The lowest BCUT2D eigenvalue weighted by Crippen LogP contribution is -2.45. The van der Waals surface area contributed by atoms with Gasteiger partial charge in [0.2, 0.25) is 10.0 Å². The van der Waals surface area contributed by atoms with Crippen LogP contribution in [0, 0.1) is 12.7 Å². The maximum absolute atomic E-state index is 14.3. The monoisotopic (exact) mass is 338 g/mol. The predicted molar refractivity (Wildman–Crippen MR) is 84.5 cm³/mol. The van der Waals surface area contributed by atoms with Crippen molar-refractivity contribution in [3.05, 3.63) is 42.0 Å². The van der Waals surface area contributed by atoms with Crippen molar-refractivity contribution in [2.45, 2.75) is 30.7 Å². The van der Waals surface area contributed by atoms with Gasteiger partial charge in [-0.1, -0.05) is 0 Å². The van der Waals surface area contributed by atoms with Gasteiger partial charge in [-0.3, -0.25) is 0 Å². The summed E-state index contributed by atoms with van der Waals surface area (Å²) in [6.07, 6.45) is 4.98. The van der Waals surface area contributed by atoms with Gasteiger partial charge in [-0.15, -0.1) is 0 Å². The number of sulfonamides is 1. The topological polar surface area (TPSA) is 76.0 Å². The summed E-state index contributed by atoms with van der Waals surface area (Å²) in [6, 6.07) is 3.69. The highest BCUT2D eigenvalue weighted by molar-refractivity contribution is 7.89. The molecule has 6 nitrogen and oxygen atoms in total. The number of benzene rings is 1. The van der Waals surface area contributed by atoms with Crippen LogP contribution in [0.25, 0.3) is 5.69 Å². The van der Waals surface area contributed by atoms with Crippen LogP contribution in [-0.4, -0.2) is 37.3 Å². The molecule has 0 amide bonds. The summed E-state index contributed by atoms with van der Waals surface area (Å²) in [5, 5.41) is 7.18. The van der Waals surface area contributed by atoms with E-state index in [0.29, 0.717) is 6.54 Å². The van der Waals surface area contributed by atoms with Crippen molar-refractivity contribution >= 4 is 10.0 Å². The zero-order valence-corrected chi connectivity index (χ0v) is 13.6. The van der Waals surface area contributed by atoms with Crippen molar-refractivity contribution in [1.29, 1.82) is 0 Å². The molecule has 1 saturated heterocycles. The van der Waals surface area contributed by atoms with Gasteiger partial charge in [-0.2, -0.15) is 5.10 Å². The maximum Gasteiger partial charge on any atom is 0.240 e. The smallest absolute Gasteiger partial charge is 0.240 e. The van der Waals surface area contributed by atoms with Crippen LogP contribution >= 0.6 is 0 Å². The first-order chi connectivity index (χ1) is 11.0. The molecule has 0 spiro atoms. The third-order valence-corrected chi connectivity index (χ3v) is 5.32. The molecular weight excluding hydrogens is 319 g/mol. The molecule has 0 aliphatic carbocycles. The quantitative estimate of drug-likeness (QED) is 0.882. The van der Waals surface area contributed by atoms with E-state index in [9.17, 15) is 12.8 Å². The Morgan fingerprint density at radius 3 is 2.87 bits per heavy atom. The summed E-state index contributed by atoms with van der Waals surface area (Å²) in [5.74, 6) is -0.627. The molecule has 1 aromatic heterocycles. The third-order valence-electron chi connectivity index (χ3n) is 3.81. The number of rotatable bonds is 4. The van der Waals surface area contributed by atoms with Gasteiger partial charge in [0.15, 0.2) is 0 Å². The summed E-state index contributed by atoms with van der Waals surface area (Å²) < 4.78 is 43.1. The number of piperidine rings is 1. The van der Waals surface area contributed by atoms with Crippen molar-refractivity contribution in [2.75, 3.05) is 13.1 Å². The lowest BCUT2D eigenvalue weighted by Gasteiger charge is -2.23. The fourth-order valence-electron chi connectivity index (χ4n) is 2.63. The summed E-state index contributed by atoms with van der Waals surface area (Å²) in [4.78, 5) is -0.0757. The molecule has 1 aromatic carbocycles. The SMILES string of the molecule is Cc1cnn(-c2ccc(S(=O)(=O)N[C@H]3CCCNC3)cc2F)c1. The Morgan fingerprint density at radius 2 is 2.26 bits per heavy atom. The van der Waals surface area contributed by atoms with Crippen LogP contribution < -0.4 is 10.0 Å². The average Bonchev–Trinajstić information content (AvgIpc) is 2.94. The standard InChI is InChI=1S/C15H19FN4O2S/c1-11-8-18-20(10-11)15-5-4-13(7-14(15)16)23(21,22)19-12-3-2-6-17-9-12/h4-5,7-8,10,12,17,19H,2-3,6,9H2,1H3/t12-/m0/s1. The molecule has 0 bridgehead atoms. The van der Waals surface area contributed by atoms with Gasteiger partial charge in [0.1, 0.15) is 11.5 Å². The van der Waals surface area contributed by atoms with Gasteiger partial charge in [0.25, 0.3) is 0 Å². The largest absolute Gasteiger partial charge is 0.315 e. The zero-order chi connectivity index (χ0) is 16.4. The van der Waals surface area contributed by atoms with Gasteiger partial charge in [0, 0.05) is 18.8 Å². The molecule has 1 aliphatic rings. The Morgan fingerprint density at radius 1 is 1.43 bits per heavy atom. The number of nitrogens with zero attached hydrogens (tertiary/aromatic N) is 2. The Bertz CT molecular complexity index is 798. The summed E-state index contributed by atoms with van der Waals surface area (Å²) in [5.41, 5.74) is 1.11. The second-order valence-corrected chi connectivity index (χ2v) is 7.45. The maximum atomic E-state index is 14.3. The highest BCUT2D eigenvalue weighted by Crippen LogP contribution is 2.19. The van der Waals surface area contributed by atoms with Gasteiger partial charge in [0.05, 0.1) is 11.1 Å². The van der Waals surface area contributed by atoms with Crippen LogP contribution in [-0.2, 0) is 10.0 Å². The van der Waals surface area contributed by atoms with Gasteiger partial charge in [-0.25, -0.2) is 22.2 Å². The van der Waals surface area contributed by atoms with Gasteiger partial charge >= 0.3 is 0 Å². The molecule has 1 aliphatic heterocycles. The molecule has 1 fully saturated rings. The van der Waals surface area contributed by atoms with E-state index in [2.05, 4.69) is 15.1 Å². The molecule has 124 valence electrons. The Hall–Kier alpha value is -1.77. The minimum absolute atomic E-state index is 0.0757. The Labute approximate surface area is 134 Å². The van der Waals surface area contributed by atoms with Crippen LogP contribution in [0.15, 0.2) is 35.5 Å². The number of halogens is 1. The molecule has 2 heterocycles. The molecule has 2 aromatic rings. The fraction of sp³-hybridized carbons (Fsp3) is 0.400. The molecule has 1 atom stereocenters. The molecule has 2 N–H and O–H groups in total. The third kappa shape index (κ3) is 3.60. The number of aromatic nitrogens is 2. The summed E-state index contributed by atoms with van der Waals surface area (Å²) in [6.45, 7) is 3.33. The van der Waals surface area contributed by atoms with E-state index in [1.54, 1.807) is 12.4 Å². The second-order valence-electron chi connectivity index (χ2n) is 5.74. The Kier molecular flexibility index (Phi) is 4.47. The average molecular weight is 338 g/mol. The van der Waals surface area contributed by atoms with E-state index in [-0.39, 0.29) is 16.6 Å². The molecule has 8 heteroatoms. The number of hydrogen-bond acceptors (Lipinski definition) is 4. The number of nitrogens with one attached hydrogen (secondary N) is 2. The normalized spacial score (nSPS) is 19.0. The molecular formula is C15H19FN4O2S. The van der Waals surface area contributed by atoms with Crippen molar-refractivity contribution in [1.82, 2.24) is 19.8 Å². The van der Waals surface area contributed by atoms with E-state index in [1.165, 1.54) is 16.8 Å². The van der Waals surface area contributed by atoms with Crippen LogP contribution in [0.4, 0.5) is 4.39 Å². The van der Waals surface area contributed by atoms with E-state index in [4.69, 9.17) is 0 Å². The van der Waals surface area contributed by atoms with Crippen LogP contribution in [0.5, 0.6) is 0 Å². The van der Waals surface area contributed by atoms with Crippen molar-refractivity contribution in [3.63, 3.8) is 0 Å². The van der Waals surface area contributed by atoms with E-state index in [0.717, 1.165) is 31.0 Å². The lowest BCUT2D eigenvalue weighted by atomic mass is 10.1. The molecule has 0 saturated carbocycles. The highest BCUT2D eigenvalue weighted by atomic mass is 32.2. The second kappa shape index (κ2) is 6.38. The molecule has 3 rings (SSSR count). The predicted octanol–water partition coefficient (Wildman–Crippen LogP) is 1.35.